The molecule has 0 aliphatic heterocycles. The Bertz CT molecular complexity index is 447. The summed E-state index contributed by atoms with van der Waals surface area (Å²) in [7, 11) is 0. The third kappa shape index (κ3) is 4.57. The van der Waals surface area contributed by atoms with Gasteiger partial charge in [-0.3, -0.25) is 4.79 Å². The van der Waals surface area contributed by atoms with Gasteiger partial charge in [0.05, 0.1) is 6.42 Å². The number of nitrogens with one attached hydrogen (secondary N) is 1. The lowest BCUT2D eigenvalue weighted by atomic mass is 9.86. The van der Waals surface area contributed by atoms with Crippen molar-refractivity contribution >= 4 is 11.9 Å². The van der Waals surface area contributed by atoms with Gasteiger partial charge in [0.25, 0.3) is 0 Å². The number of carboxylic acids is 1. The van der Waals surface area contributed by atoms with Crippen LogP contribution in [0.4, 0.5) is 0 Å². The second-order valence-corrected chi connectivity index (χ2v) is 5.18. The third-order valence-electron chi connectivity index (χ3n) is 2.51. The van der Waals surface area contributed by atoms with Gasteiger partial charge in [0.2, 0.25) is 5.91 Å². The van der Waals surface area contributed by atoms with Gasteiger partial charge < -0.3 is 10.4 Å². The van der Waals surface area contributed by atoms with Crippen molar-refractivity contribution in [2.45, 2.75) is 32.6 Å². The molecule has 0 saturated carbocycles. The van der Waals surface area contributed by atoms with Crippen LogP contribution >= 0.6 is 0 Å². The van der Waals surface area contributed by atoms with Crippen LogP contribution in [0.3, 0.4) is 0 Å². The van der Waals surface area contributed by atoms with E-state index in [1.165, 1.54) is 0 Å². The van der Waals surface area contributed by atoms with Crippen molar-refractivity contribution in [3.63, 3.8) is 0 Å². The standard InChI is InChI=1S/C14H18NO3/c1-14(2,3)11-6-4-5-10(7-11)8-12(16)15-9-13(17)18/h4-7,9H,8H2,1-3H3,(H,15,16)(H,17,18). The number of rotatable bonds is 4. The van der Waals surface area contributed by atoms with E-state index < -0.39 is 5.97 Å². The highest BCUT2D eigenvalue weighted by atomic mass is 16.4. The monoisotopic (exact) mass is 248 g/mol. The fraction of sp³-hybridized carbons (Fsp3) is 0.357. The summed E-state index contributed by atoms with van der Waals surface area (Å²) in [5.41, 5.74) is 2.05. The molecule has 0 fully saturated rings. The van der Waals surface area contributed by atoms with Crippen LogP contribution in [0.25, 0.3) is 0 Å². The van der Waals surface area contributed by atoms with Crippen LogP contribution in [0.1, 0.15) is 31.9 Å². The molecule has 0 aliphatic rings. The zero-order chi connectivity index (χ0) is 13.8. The van der Waals surface area contributed by atoms with Gasteiger partial charge in [-0.2, -0.15) is 0 Å². The van der Waals surface area contributed by atoms with E-state index in [9.17, 15) is 9.59 Å². The normalized spacial score (nSPS) is 11.1. The van der Waals surface area contributed by atoms with Gasteiger partial charge in [-0.05, 0) is 16.5 Å². The minimum Gasteiger partial charge on any atom is -0.480 e. The van der Waals surface area contributed by atoms with Crippen molar-refractivity contribution < 1.29 is 14.7 Å². The Hall–Kier alpha value is -1.84. The van der Waals surface area contributed by atoms with Gasteiger partial charge in [0.1, 0.15) is 0 Å². The summed E-state index contributed by atoms with van der Waals surface area (Å²) in [5, 5.41) is 10.6. The first-order valence-corrected chi connectivity index (χ1v) is 5.74. The largest absolute Gasteiger partial charge is 0.480 e. The predicted octanol–water partition coefficient (Wildman–Crippen LogP) is 1.89. The molecule has 1 rings (SSSR count). The second-order valence-electron chi connectivity index (χ2n) is 5.18. The van der Waals surface area contributed by atoms with E-state index in [0.717, 1.165) is 17.7 Å². The summed E-state index contributed by atoms with van der Waals surface area (Å²) in [6, 6.07) is 7.75. The highest BCUT2D eigenvalue weighted by Gasteiger charge is 2.14. The van der Waals surface area contributed by atoms with Crippen molar-refractivity contribution in [2.75, 3.05) is 0 Å². The van der Waals surface area contributed by atoms with Crippen LogP contribution in [0.5, 0.6) is 0 Å². The fourth-order valence-corrected chi connectivity index (χ4v) is 1.53. The van der Waals surface area contributed by atoms with E-state index in [1.807, 2.05) is 24.3 Å². The van der Waals surface area contributed by atoms with Gasteiger partial charge in [0, 0.05) is 0 Å². The SMILES string of the molecule is CC(C)(C)c1cccc(CC(=O)N[CH]C(=O)O)c1. The number of carboxylic acid groups (broad SMARTS) is 1. The molecule has 18 heavy (non-hydrogen) atoms. The molecule has 4 heteroatoms. The average Bonchev–Trinajstić information content (AvgIpc) is 2.25. The molecular formula is C14H18NO3. The van der Waals surface area contributed by atoms with E-state index in [1.54, 1.807) is 0 Å². The van der Waals surface area contributed by atoms with Crippen LogP contribution in [-0.2, 0) is 21.4 Å². The van der Waals surface area contributed by atoms with Crippen molar-refractivity contribution in [2.24, 2.45) is 0 Å². The first-order chi connectivity index (χ1) is 8.29. The first kappa shape index (κ1) is 14.2. The van der Waals surface area contributed by atoms with Crippen LogP contribution < -0.4 is 5.32 Å². The molecule has 1 radical (unpaired) electrons. The molecule has 1 amide bonds. The van der Waals surface area contributed by atoms with Crippen LogP contribution in [-0.4, -0.2) is 17.0 Å². The van der Waals surface area contributed by atoms with E-state index >= 15 is 0 Å². The molecule has 0 bridgehead atoms. The predicted molar refractivity (Wildman–Crippen MR) is 68.9 cm³/mol. The molecule has 2 N–H and O–H groups in total. The zero-order valence-electron chi connectivity index (χ0n) is 10.9. The van der Waals surface area contributed by atoms with Crippen molar-refractivity contribution in [3.8, 4) is 0 Å². The summed E-state index contributed by atoms with van der Waals surface area (Å²) >= 11 is 0. The maximum atomic E-state index is 11.5. The smallest absolute Gasteiger partial charge is 0.329 e. The highest BCUT2D eigenvalue weighted by molar-refractivity contribution is 5.86. The topological polar surface area (TPSA) is 66.4 Å². The Labute approximate surface area is 107 Å². The van der Waals surface area contributed by atoms with Gasteiger partial charge >= 0.3 is 5.97 Å². The van der Waals surface area contributed by atoms with Gasteiger partial charge in [-0.25, -0.2) is 4.79 Å². The van der Waals surface area contributed by atoms with Crippen molar-refractivity contribution in [1.82, 2.24) is 5.32 Å². The molecular weight excluding hydrogens is 230 g/mol. The molecule has 0 aromatic heterocycles. The number of amides is 1. The molecule has 0 atom stereocenters. The van der Waals surface area contributed by atoms with Crippen LogP contribution in [0.2, 0.25) is 0 Å². The van der Waals surface area contributed by atoms with Gasteiger partial charge in [0.15, 0.2) is 6.54 Å². The summed E-state index contributed by atoms with van der Waals surface area (Å²) in [5.74, 6) is -1.49. The minimum atomic E-state index is -1.16. The number of aliphatic carboxylic acids is 1. The van der Waals surface area contributed by atoms with E-state index in [-0.39, 0.29) is 17.7 Å². The quantitative estimate of drug-likeness (QED) is 0.855. The lowest BCUT2D eigenvalue weighted by Crippen LogP contribution is -2.26. The summed E-state index contributed by atoms with van der Waals surface area (Å²) in [6.45, 7) is 7.05. The summed E-state index contributed by atoms with van der Waals surface area (Å²) < 4.78 is 0. The van der Waals surface area contributed by atoms with Gasteiger partial charge in [-0.1, -0.05) is 45.0 Å². The molecule has 0 aliphatic carbocycles. The fourth-order valence-electron chi connectivity index (χ4n) is 1.53. The molecule has 97 valence electrons. The number of benzene rings is 1. The van der Waals surface area contributed by atoms with E-state index in [2.05, 4.69) is 26.1 Å². The van der Waals surface area contributed by atoms with E-state index in [0.29, 0.717) is 0 Å². The molecule has 1 aromatic rings. The third-order valence-corrected chi connectivity index (χ3v) is 2.51. The molecule has 4 nitrogen and oxygen atoms in total. The lowest BCUT2D eigenvalue weighted by molar-refractivity contribution is -0.135. The van der Waals surface area contributed by atoms with Crippen LogP contribution in [0.15, 0.2) is 24.3 Å². The van der Waals surface area contributed by atoms with E-state index in [4.69, 9.17) is 5.11 Å². The summed E-state index contributed by atoms with van der Waals surface area (Å²) in [4.78, 5) is 21.7. The molecule has 0 spiro atoms. The first-order valence-electron chi connectivity index (χ1n) is 5.74. The lowest BCUT2D eigenvalue weighted by Gasteiger charge is -2.19. The average molecular weight is 248 g/mol. The number of carbonyl (C=O) groups is 2. The van der Waals surface area contributed by atoms with Gasteiger partial charge in [-0.15, -0.1) is 0 Å². The summed E-state index contributed by atoms with van der Waals surface area (Å²) in [6.07, 6.45) is 0.174. The number of hydrogen-bond acceptors (Lipinski definition) is 2. The Balaban J connectivity index is 2.68. The minimum absolute atomic E-state index is 0.0275. The molecule has 0 saturated heterocycles. The maximum absolute atomic E-state index is 11.5. The second kappa shape index (κ2) is 5.67. The Morgan fingerprint density at radius 2 is 2.00 bits per heavy atom. The molecule has 0 heterocycles. The van der Waals surface area contributed by atoms with Crippen LogP contribution in [0, 0.1) is 6.54 Å². The number of hydrogen-bond donors (Lipinski definition) is 2. The maximum Gasteiger partial charge on any atom is 0.329 e. The Morgan fingerprint density at radius 1 is 1.33 bits per heavy atom. The molecule has 0 unspecified atom stereocenters. The number of carbonyl (C=O) groups excluding carboxylic acids is 1. The zero-order valence-corrected chi connectivity index (χ0v) is 10.9. The Morgan fingerprint density at radius 3 is 2.56 bits per heavy atom. The van der Waals surface area contributed by atoms with Crippen molar-refractivity contribution in [3.05, 3.63) is 41.9 Å². The highest BCUT2D eigenvalue weighted by Crippen LogP contribution is 2.22. The van der Waals surface area contributed by atoms with Crippen molar-refractivity contribution in [1.29, 1.82) is 0 Å². The molecule has 1 aromatic carbocycles. The Kier molecular flexibility index (Phi) is 4.48.